The van der Waals surface area contributed by atoms with Gasteiger partial charge in [-0.3, -0.25) is 4.79 Å². The number of nitrogens with two attached hydrogens (primary N) is 1. The number of nitrogens with zero attached hydrogens (tertiary/aromatic N) is 1. The molecule has 18 heavy (non-hydrogen) atoms. The molecule has 0 bridgehead atoms. The Kier molecular flexibility index (Phi) is 5.57. The van der Waals surface area contributed by atoms with Gasteiger partial charge in [0.2, 0.25) is 0 Å². The number of carbonyl (C=O) groups is 1. The summed E-state index contributed by atoms with van der Waals surface area (Å²) in [5.74, 6) is -0.975. The number of oxime groups is 1. The minimum Gasteiger partial charge on any atom is -0.409 e. The summed E-state index contributed by atoms with van der Waals surface area (Å²) in [6, 6.07) is 4.22. The van der Waals surface area contributed by atoms with Gasteiger partial charge in [-0.25, -0.2) is 4.39 Å². The van der Waals surface area contributed by atoms with Crippen LogP contribution < -0.4 is 11.1 Å². The van der Waals surface area contributed by atoms with Crippen LogP contribution in [0.5, 0.6) is 0 Å². The van der Waals surface area contributed by atoms with Gasteiger partial charge in [0.15, 0.2) is 0 Å². The lowest BCUT2D eigenvalue weighted by Crippen LogP contribution is -2.26. The zero-order chi connectivity index (χ0) is 13.5. The average molecular weight is 318 g/mol. The van der Waals surface area contributed by atoms with E-state index >= 15 is 0 Å². The Hall–Kier alpha value is -1.63. The average Bonchev–Trinajstić information content (AvgIpc) is 2.34. The van der Waals surface area contributed by atoms with E-state index in [-0.39, 0.29) is 11.4 Å². The van der Waals surface area contributed by atoms with Crippen molar-refractivity contribution in [1.82, 2.24) is 5.32 Å². The number of nitrogens with one attached hydrogen (secondary N) is 1. The van der Waals surface area contributed by atoms with Crippen LogP contribution in [0.15, 0.2) is 27.8 Å². The predicted octanol–water partition coefficient (Wildman–Crippen LogP) is 1.84. The molecule has 0 spiro atoms. The second-order valence-electron chi connectivity index (χ2n) is 3.57. The van der Waals surface area contributed by atoms with Gasteiger partial charge < -0.3 is 16.3 Å². The third kappa shape index (κ3) is 4.33. The molecule has 0 atom stereocenters. The lowest BCUT2D eigenvalue weighted by Gasteiger charge is -2.06. The van der Waals surface area contributed by atoms with Crippen molar-refractivity contribution in [3.05, 3.63) is 34.1 Å². The Morgan fingerprint density at radius 2 is 2.28 bits per heavy atom. The Morgan fingerprint density at radius 3 is 2.89 bits per heavy atom. The largest absolute Gasteiger partial charge is 0.409 e. The van der Waals surface area contributed by atoms with Gasteiger partial charge in [-0.05, 0) is 24.6 Å². The second-order valence-corrected chi connectivity index (χ2v) is 4.49. The van der Waals surface area contributed by atoms with Crippen LogP contribution in [0, 0.1) is 5.82 Å². The van der Waals surface area contributed by atoms with Crippen molar-refractivity contribution < 1.29 is 14.4 Å². The van der Waals surface area contributed by atoms with Crippen molar-refractivity contribution in [2.75, 3.05) is 6.54 Å². The smallest absolute Gasteiger partial charge is 0.254 e. The second kappa shape index (κ2) is 6.95. The van der Waals surface area contributed by atoms with Crippen LogP contribution in [0.3, 0.4) is 0 Å². The molecule has 0 fully saturated rings. The van der Waals surface area contributed by atoms with Gasteiger partial charge in [-0.1, -0.05) is 21.1 Å². The fourth-order valence-corrected chi connectivity index (χ4v) is 1.62. The third-order valence-corrected chi connectivity index (χ3v) is 2.69. The van der Waals surface area contributed by atoms with E-state index in [0.29, 0.717) is 23.9 Å². The molecular weight excluding hydrogens is 305 g/mol. The fourth-order valence-electron chi connectivity index (χ4n) is 1.29. The molecule has 98 valence electrons. The highest BCUT2D eigenvalue weighted by molar-refractivity contribution is 9.10. The molecule has 0 aromatic heterocycles. The number of hydrogen-bond acceptors (Lipinski definition) is 3. The predicted molar refractivity (Wildman–Crippen MR) is 69.1 cm³/mol. The van der Waals surface area contributed by atoms with Gasteiger partial charge in [0.1, 0.15) is 11.7 Å². The van der Waals surface area contributed by atoms with E-state index in [0.717, 1.165) is 0 Å². The number of amides is 1. The van der Waals surface area contributed by atoms with Crippen molar-refractivity contribution in [3.8, 4) is 0 Å². The molecular formula is C11H13BrFN3O2. The van der Waals surface area contributed by atoms with Crippen LogP contribution in [0.1, 0.15) is 23.2 Å². The topological polar surface area (TPSA) is 87.7 Å². The van der Waals surface area contributed by atoms with Crippen LogP contribution >= 0.6 is 15.9 Å². The zero-order valence-corrected chi connectivity index (χ0v) is 11.1. The Bertz CT molecular complexity index is 466. The molecule has 5 nitrogen and oxygen atoms in total. The SMILES string of the molecule is NC(CCCNC(=O)c1ccc(Br)cc1F)=NO. The molecule has 0 radical (unpaired) electrons. The fraction of sp³-hybridized carbons (Fsp3) is 0.273. The Balaban J connectivity index is 2.46. The minimum absolute atomic E-state index is 0.0120. The van der Waals surface area contributed by atoms with Crippen LogP contribution in [0.4, 0.5) is 4.39 Å². The number of benzene rings is 1. The molecule has 0 aliphatic carbocycles. The summed E-state index contributed by atoms with van der Waals surface area (Å²) in [5.41, 5.74) is 5.25. The van der Waals surface area contributed by atoms with Gasteiger partial charge in [0.25, 0.3) is 5.91 Å². The van der Waals surface area contributed by atoms with Crippen molar-refractivity contribution in [3.63, 3.8) is 0 Å². The van der Waals surface area contributed by atoms with E-state index in [4.69, 9.17) is 10.9 Å². The van der Waals surface area contributed by atoms with Crippen molar-refractivity contribution in [2.24, 2.45) is 10.9 Å². The molecule has 0 aliphatic heterocycles. The lowest BCUT2D eigenvalue weighted by molar-refractivity contribution is 0.0949. The highest BCUT2D eigenvalue weighted by atomic mass is 79.9. The lowest BCUT2D eigenvalue weighted by atomic mass is 10.2. The van der Waals surface area contributed by atoms with E-state index in [9.17, 15) is 9.18 Å². The van der Waals surface area contributed by atoms with Crippen LogP contribution in [0.2, 0.25) is 0 Å². The summed E-state index contributed by atoms with van der Waals surface area (Å²) < 4.78 is 14.0. The summed E-state index contributed by atoms with van der Waals surface area (Å²) in [6.07, 6.45) is 0.874. The van der Waals surface area contributed by atoms with Gasteiger partial charge in [-0.15, -0.1) is 0 Å². The van der Waals surface area contributed by atoms with Gasteiger partial charge in [0, 0.05) is 17.4 Å². The van der Waals surface area contributed by atoms with Crippen molar-refractivity contribution >= 4 is 27.7 Å². The quantitative estimate of drug-likeness (QED) is 0.254. The van der Waals surface area contributed by atoms with Gasteiger partial charge >= 0.3 is 0 Å². The molecule has 7 heteroatoms. The normalized spacial score (nSPS) is 11.3. The maximum Gasteiger partial charge on any atom is 0.254 e. The number of amidine groups is 1. The van der Waals surface area contributed by atoms with E-state index in [2.05, 4.69) is 26.4 Å². The van der Waals surface area contributed by atoms with Crippen LogP contribution in [-0.2, 0) is 0 Å². The van der Waals surface area contributed by atoms with Crippen molar-refractivity contribution in [1.29, 1.82) is 0 Å². The highest BCUT2D eigenvalue weighted by Gasteiger charge is 2.11. The zero-order valence-electron chi connectivity index (χ0n) is 9.49. The first-order valence-corrected chi connectivity index (χ1v) is 6.03. The standard InChI is InChI=1S/C11H13BrFN3O2/c12-7-3-4-8(9(13)6-7)11(17)15-5-1-2-10(14)16-18/h3-4,6,18H,1-2,5H2,(H2,14,16)(H,15,17). The molecule has 1 amide bonds. The van der Waals surface area contributed by atoms with Crippen molar-refractivity contribution in [2.45, 2.75) is 12.8 Å². The molecule has 1 rings (SSSR count). The highest BCUT2D eigenvalue weighted by Crippen LogP contribution is 2.15. The van der Waals surface area contributed by atoms with Crippen LogP contribution in [-0.4, -0.2) is 23.5 Å². The summed E-state index contributed by atoms with van der Waals surface area (Å²) in [7, 11) is 0. The number of rotatable bonds is 5. The Morgan fingerprint density at radius 1 is 1.56 bits per heavy atom. The molecule has 4 N–H and O–H groups in total. The van der Waals surface area contributed by atoms with Gasteiger partial charge in [-0.2, -0.15) is 0 Å². The van der Waals surface area contributed by atoms with Crippen LogP contribution in [0.25, 0.3) is 0 Å². The van der Waals surface area contributed by atoms with E-state index in [1.807, 2.05) is 0 Å². The first-order chi connectivity index (χ1) is 8.54. The molecule has 1 aromatic carbocycles. The summed E-state index contributed by atoms with van der Waals surface area (Å²) in [5, 5.41) is 13.7. The summed E-state index contributed by atoms with van der Waals surface area (Å²) in [6.45, 7) is 0.324. The summed E-state index contributed by atoms with van der Waals surface area (Å²) in [4.78, 5) is 11.6. The molecule has 0 saturated heterocycles. The first-order valence-electron chi connectivity index (χ1n) is 5.24. The molecule has 0 saturated carbocycles. The first kappa shape index (κ1) is 14.4. The summed E-state index contributed by atoms with van der Waals surface area (Å²) >= 11 is 3.11. The minimum atomic E-state index is -0.585. The third-order valence-electron chi connectivity index (χ3n) is 2.20. The number of halogens is 2. The molecule has 0 heterocycles. The number of carbonyl (C=O) groups excluding carboxylic acids is 1. The van der Waals surface area contributed by atoms with Gasteiger partial charge in [0.05, 0.1) is 5.56 Å². The van der Waals surface area contributed by atoms with E-state index < -0.39 is 11.7 Å². The molecule has 0 aliphatic rings. The molecule has 1 aromatic rings. The van der Waals surface area contributed by atoms with E-state index in [1.165, 1.54) is 12.1 Å². The number of hydrogen-bond donors (Lipinski definition) is 3. The molecule has 0 unspecified atom stereocenters. The maximum absolute atomic E-state index is 13.4. The Labute approximate surface area is 112 Å². The van der Waals surface area contributed by atoms with E-state index in [1.54, 1.807) is 6.07 Å². The maximum atomic E-state index is 13.4. The monoisotopic (exact) mass is 317 g/mol.